The number of rotatable bonds is 5. The Hall–Kier alpha value is -3.27. The lowest BCUT2D eigenvalue weighted by atomic mass is 9.77. The summed E-state index contributed by atoms with van der Waals surface area (Å²) in [5, 5.41) is 18.1. The van der Waals surface area contributed by atoms with Crippen molar-refractivity contribution >= 4 is 17.2 Å². The standard InChI is InChI=1S/C22H26FN7O2/c1-22(2,31)14-4-6-15(7-5-14)26-20-27-19(32-3)18-17(16(23)12-30(18)28-20)13-10-25-21-24-8-9-29(21)11-13/h8-12,14-15,31H,4-7H2,1-3H3,(H,26,28)/t14-,15-. The first-order valence-corrected chi connectivity index (χ1v) is 10.7. The van der Waals surface area contributed by atoms with Crippen molar-refractivity contribution in [2.75, 3.05) is 12.4 Å². The van der Waals surface area contributed by atoms with Gasteiger partial charge in [0.25, 0.3) is 0 Å². The highest BCUT2D eigenvalue weighted by Gasteiger charge is 2.31. The zero-order valence-corrected chi connectivity index (χ0v) is 18.3. The molecule has 4 heterocycles. The van der Waals surface area contributed by atoms with Gasteiger partial charge < -0.3 is 15.2 Å². The quantitative estimate of drug-likeness (QED) is 0.492. The molecule has 0 aliphatic heterocycles. The summed E-state index contributed by atoms with van der Waals surface area (Å²) in [7, 11) is 1.51. The van der Waals surface area contributed by atoms with Crippen LogP contribution in [0.5, 0.6) is 5.88 Å². The molecule has 4 aromatic heterocycles. The number of aliphatic hydroxyl groups is 1. The van der Waals surface area contributed by atoms with E-state index < -0.39 is 11.4 Å². The number of imidazole rings is 1. The maximum absolute atomic E-state index is 15.0. The minimum Gasteiger partial charge on any atom is -0.479 e. The summed E-state index contributed by atoms with van der Waals surface area (Å²) in [6, 6.07) is 0.184. The van der Waals surface area contributed by atoms with Crippen LogP contribution in [0.1, 0.15) is 39.5 Å². The Morgan fingerprint density at radius 3 is 2.69 bits per heavy atom. The minimum atomic E-state index is -0.669. The van der Waals surface area contributed by atoms with E-state index in [0.717, 1.165) is 25.7 Å². The van der Waals surface area contributed by atoms with E-state index in [9.17, 15) is 5.11 Å². The molecule has 1 saturated carbocycles. The van der Waals surface area contributed by atoms with Crippen LogP contribution in [0, 0.1) is 11.7 Å². The second-order valence-corrected chi connectivity index (χ2v) is 8.91. The molecule has 0 saturated heterocycles. The molecule has 0 bridgehead atoms. The van der Waals surface area contributed by atoms with E-state index in [2.05, 4.69) is 25.4 Å². The van der Waals surface area contributed by atoms with Crippen LogP contribution in [0.2, 0.25) is 0 Å². The van der Waals surface area contributed by atoms with Crippen LogP contribution in [0.25, 0.3) is 22.4 Å². The van der Waals surface area contributed by atoms with Gasteiger partial charge in [-0.05, 0) is 45.4 Å². The maximum atomic E-state index is 15.0. The molecule has 2 N–H and O–H groups in total. The van der Waals surface area contributed by atoms with Crippen LogP contribution in [-0.2, 0) is 0 Å². The fourth-order valence-corrected chi connectivity index (χ4v) is 4.57. The van der Waals surface area contributed by atoms with Crippen LogP contribution in [0.3, 0.4) is 0 Å². The fraction of sp³-hybridized carbons (Fsp3) is 0.455. The van der Waals surface area contributed by atoms with Gasteiger partial charge in [0.15, 0.2) is 5.82 Å². The van der Waals surface area contributed by atoms with Crippen LogP contribution < -0.4 is 10.1 Å². The van der Waals surface area contributed by atoms with Gasteiger partial charge in [0.1, 0.15) is 5.52 Å². The molecular formula is C22H26FN7O2. The van der Waals surface area contributed by atoms with Gasteiger partial charge in [-0.25, -0.2) is 18.9 Å². The summed E-state index contributed by atoms with van der Waals surface area (Å²) in [4.78, 5) is 12.9. The molecule has 1 fully saturated rings. The number of aromatic nitrogens is 6. The Bertz CT molecular complexity index is 1270. The number of hydrogen-bond acceptors (Lipinski definition) is 7. The topological polar surface area (TPSA) is 102 Å². The summed E-state index contributed by atoms with van der Waals surface area (Å²) in [6.45, 7) is 3.73. The highest BCUT2D eigenvalue weighted by Crippen LogP contribution is 2.35. The van der Waals surface area contributed by atoms with Crippen LogP contribution in [0.4, 0.5) is 10.3 Å². The SMILES string of the molecule is COc1nc(N[C@H]2CC[C@H](C(C)(C)O)CC2)nn2cc(F)c(-c3cnc4nccn4c3)c12. The number of nitrogens with one attached hydrogen (secondary N) is 1. The normalized spacial score (nSPS) is 19.5. The molecule has 32 heavy (non-hydrogen) atoms. The van der Waals surface area contributed by atoms with Crippen LogP contribution >= 0.6 is 0 Å². The van der Waals surface area contributed by atoms with Crippen molar-refractivity contribution in [1.29, 1.82) is 0 Å². The Morgan fingerprint density at radius 1 is 1.19 bits per heavy atom. The summed E-state index contributed by atoms with van der Waals surface area (Å²) in [5.74, 6) is 1.03. The van der Waals surface area contributed by atoms with E-state index in [4.69, 9.17) is 4.74 Å². The number of methoxy groups -OCH3 is 1. The number of ether oxygens (including phenoxy) is 1. The molecule has 0 amide bonds. The second kappa shape index (κ2) is 7.70. The Balaban J connectivity index is 1.46. The summed E-state index contributed by atoms with van der Waals surface area (Å²) in [5.41, 5.74) is 0.657. The largest absolute Gasteiger partial charge is 0.479 e. The lowest BCUT2D eigenvalue weighted by Gasteiger charge is -2.36. The first-order chi connectivity index (χ1) is 15.3. The molecule has 1 aliphatic carbocycles. The average Bonchev–Trinajstić information content (AvgIpc) is 3.35. The van der Waals surface area contributed by atoms with Crippen molar-refractivity contribution in [3.8, 4) is 17.0 Å². The molecule has 0 aromatic carbocycles. The van der Waals surface area contributed by atoms with Crippen molar-refractivity contribution in [3.05, 3.63) is 36.8 Å². The van der Waals surface area contributed by atoms with Crippen molar-refractivity contribution in [2.45, 2.75) is 51.2 Å². The second-order valence-electron chi connectivity index (χ2n) is 8.91. The van der Waals surface area contributed by atoms with E-state index in [1.165, 1.54) is 17.8 Å². The van der Waals surface area contributed by atoms with Gasteiger partial charge in [-0.3, -0.25) is 4.40 Å². The van der Waals surface area contributed by atoms with Gasteiger partial charge in [0.2, 0.25) is 17.6 Å². The molecule has 0 atom stereocenters. The number of hydrogen-bond donors (Lipinski definition) is 2. The molecule has 5 rings (SSSR count). The average molecular weight is 439 g/mol. The van der Waals surface area contributed by atoms with E-state index in [1.807, 2.05) is 13.8 Å². The number of halogens is 1. The third-order valence-electron chi connectivity index (χ3n) is 6.34. The zero-order valence-electron chi connectivity index (χ0n) is 18.3. The first-order valence-electron chi connectivity index (χ1n) is 10.7. The molecule has 0 unspecified atom stereocenters. The predicted molar refractivity (Wildman–Crippen MR) is 117 cm³/mol. The van der Waals surface area contributed by atoms with Crippen molar-refractivity contribution in [2.24, 2.45) is 5.92 Å². The number of anilines is 1. The highest BCUT2D eigenvalue weighted by molar-refractivity contribution is 5.84. The molecular weight excluding hydrogens is 413 g/mol. The molecule has 1 aliphatic rings. The van der Waals surface area contributed by atoms with Gasteiger partial charge in [0, 0.05) is 36.4 Å². The van der Waals surface area contributed by atoms with Gasteiger partial charge in [0.05, 0.1) is 24.5 Å². The minimum absolute atomic E-state index is 0.184. The summed E-state index contributed by atoms with van der Waals surface area (Å²) < 4.78 is 23.7. The third-order valence-corrected chi connectivity index (χ3v) is 6.34. The van der Waals surface area contributed by atoms with E-state index in [-0.39, 0.29) is 17.8 Å². The van der Waals surface area contributed by atoms with Crippen molar-refractivity contribution < 1.29 is 14.2 Å². The molecule has 4 aromatic rings. The zero-order chi connectivity index (χ0) is 22.5. The molecule has 10 heteroatoms. The van der Waals surface area contributed by atoms with Gasteiger partial charge in [-0.2, -0.15) is 4.98 Å². The van der Waals surface area contributed by atoms with Crippen LogP contribution in [0.15, 0.2) is 31.0 Å². The van der Waals surface area contributed by atoms with Gasteiger partial charge >= 0.3 is 0 Å². The van der Waals surface area contributed by atoms with Crippen molar-refractivity contribution in [3.63, 3.8) is 0 Å². The highest BCUT2D eigenvalue weighted by atomic mass is 19.1. The van der Waals surface area contributed by atoms with Gasteiger partial charge in [-0.1, -0.05) is 0 Å². The Morgan fingerprint density at radius 2 is 1.97 bits per heavy atom. The van der Waals surface area contributed by atoms with Crippen LogP contribution in [-0.4, -0.2) is 52.8 Å². The Labute approximate surface area is 184 Å². The summed E-state index contributed by atoms with van der Waals surface area (Å²) >= 11 is 0. The van der Waals surface area contributed by atoms with E-state index >= 15 is 4.39 Å². The smallest absolute Gasteiger partial charge is 0.244 e. The van der Waals surface area contributed by atoms with Gasteiger partial charge in [-0.15, -0.1) is 5.10 Å². The lowest BCUT2D eigenvalue weighted by Crippen LogP contribution is -2.37. The molecule has 0 radical (unpaired) electrons. The molecule has 9 nitrogen and oxygen atoms in total. The number of nitrogens with zero attached hydrogens (tertiary/aromatic N) is 6. The third kappa shape index (κ3) is 3.64. The maximum Gasteiger partial charge on any atom is 0.244 e. The Kier molecular flexibility index (Phi) is 4.96. The number of fused-ring (bicyclic) bond motifs is 2. The molecule has 168 valence electrons. The fourth-order valence-electron chi connectivity index (χ4n) is 4.57. The van der Waals surface area contributed by atoms with E-state index in [0.29, 0.717) is 28.4 Å². The van der Waals surface area contributed by atoms with Crippen molar-refractivity contribution in [1.82, 2.24) is 29.0 Å². The summed E-state index contributed by atoms with van der Waals surface area (Å²) in [6.07, 6.45) is 11.7. The van der Waals surface area contributed by atoms with E-state index in [1.54, 1.807) is 29.2 Å². The monoisotopic (exact) mass is 439 g/mol. The lowest BCUT2D eigenvalue weighted by molar-refractivity contribution is -0.000418. The molecule has 0 spiro atoms. The predicted octanol–water partition coefficient (Wildman–Crippen LogP) is 3.33. The first kappa shape index (κ1) is 20.6.